The molecule has 1 saturated heterocycles. The quantitative estimate of drug-likeness (QED) is 0.724. The van der Waals surface area contributed by atoms with E-state index in [1.54, 1.807) is 0 Å². The van der Waals surface area contributed by atoms with Crippen molar-refractivity contribution in [2.75, 3.05) is 18.8 Å². The molecule has 5 heteroatoms. The fourth-order valence-electron chi connectivity index (χ4n) is 3.58. The monoisotopic (exact) mass is 376 g/mol. The Kier molecular flexibility index (Phi) is 7.01. The highest BCUT2D eigenvalue weighted by Crippen LogP contribution is 2.37. The normalized spacial score (nSPS) is 15.9. The summed E-state index contributed by atoms with van der Waals surface area (Å²) in [5, 5.41) is 0. The maximum atomic E-state index is 12.3. The van der Waals surface area contributed by atoms with E-state index in [9.17, 15) is 4.79 Å². The number of nitrogen functional groups attached to an aromatic ring is 1. The summed E-state index contributed by atoms with van der Waals surface area (Å²) in [5.74, 6) is 1.19. The van der Waals surface area contributed by atoms with Gasteiger partial charge in [-0.3, -0.25) is 0 Å². The topological polar surface area (TPSA) is 64.8 Å². The first kappa shape index (κ1) is 21.4. The van der Waals surface area contributed by atoms with Crippen molar-refractivity contribution in [3.05, 3.63) is 23.3 Å². The molecule has 1 heterocycles. The van der Waals surface area contributed by atoms with E-state index < -0.39 is 5.60 Å². The van der Waals surface area contributed by atoms with Crippen LogP contribution in [-0.4, -0.2) is 35.8 Å². The fraction of sp³-hybridized carbons (Fsp3) is 0.682. The van der Waals surface area contributed by atoms with Crippen molar-refractivity contribution in [3.8, 4) is 5.75 Å². The van der Waals surface area contributed by atoms with E-state index in [2.05, 4.69) is 19.1 Å². The van der Waals surface area contributed by atoms with E-state index in [-0.39, 0.29) is 12.2 Å². The smallest absolute Gasteiger partial charge is 0.410 e. The Bertz CT molecular complexity index is 642. The van der Waals surface area contributed by atoms with Gasteiger partial charge in [-0.1, -0.05) is 13.3 Å². The zero-order valence-electron chi connectivity index (χ0n) is 17.8. The molecule has 27 heavy (non-hydrogen) atoms. The van der Waals surface area contributed by atoms with E-state index in [1.807, 2.05) is 39.5 Å². The van der Waals surface area contributed by atoms with Gasteiger partial charge in [-0.25, -0.2) is 4.79 Å². The predicted octanol–water partition coefficient (Wildman–Crippen LogP) is 5.12. The number of anilines is 1. The van der Waals surface area contributed by atoms with Crippen molar-refractivity contribution in [2.45, 2.75) is 84.8 Å². The Morgan fingerprint density at radius 3 is 2.41 bits per heavy atom. The molecule has 1 aromatic carbocycles. The van der Waals surface area contributed by atoms with Crippen LogP contribution in [0.2, 0.25) is 0 Å². The molecule has 0 spiro atoms. The SMILES string of the molecule is CCCc1cc(N)c(OC(C)C)cc1C1CCN(C(=O)OC(C)(C)C)CC1. The zero-order valence-corrected chi connectivity index (χ0v) is 17.8. The van der Waals surface area contributed by atoms with Crippen LogP contribution in [-0.2, 0) is 11.2 Å². The number of nitrogens with two attached hydrogens (primary N) is 1. The number of carbonyl (C=O) groups is 1. The Morgan fingerprint density at radius 2 is 1.89 bits per heavy atom. The fourth-order valence-corrected chi connectivity index (χ4v) is 3.58. The van der Waals surface area contributed by atoms with Gasteiger partial charge in [-0.2, -0.15) is 0 Å². The number of rotatable bonds is 5. The number of amides is 1. The molecule has 5 nitrogen and oxygen atoms in total. The molecule has 1 aliphatic heterocycles. The summed E-state index contributed by atoms with van der Waals surface area (Å²) >= 11 is 0. The zero-order chi connectivity index (χ0) is 20.2. The van der Waals surface area contributed by atoms with Gasteiger partial charge < -0.3 is 20.1 Å². The summed E-state index contributed by atoms with van der Waals surface area (Å²) in [6.45, 7) is 13.4. The van der Waals surface area contributed by atoms with Crippen LogP contribution in [0.3, 0.4) is 0 Å². The second-order valence-electron chi connectivity index (χ2n) is 8.75. The molecule has 1 amide bonds. The van der Waals surface area contributed by atoms with E-state index in [1.165, 1.54) is 11.1 Å². The van der Waals surface area contributed by atoms with Crippen molar-refractivity contribution >= 4 is 11.8 Å². The Hall–Kier alpha value is -1.91. The molecule has 1 aliphatic rings. The molecule has 0 atom stereocenters. The van der Waals surface area contributed by atoms with Gasteiger partial charge in [0.2, 0.25) is 0 Å². The minimum atomic E-state index is -0.456. The third-order valence-electron chi connectivity index (χ3n) is 4.74. The summed E-state index contributed by atoms with van der Waals surface area (Å²) in [7, 11) is 0. The van der Waals surface area contributed by atoms with Crippen LogP contribution in [0.15, 0.2) is 12.1 Å². The minimum absolute atomic E-state index is 0.0891. The molecule has 0 radical (unpaired) electrons. The second-order valence-corrected chi connectivity index (χ2v) is 8.75. The van der Waals surface area contributed by atoms with Crippen LogP contribution in [0.4, 0.5) is 10.5 Å². The molecule has 0 unspecified atom stereocenters. The molecular formula is C22H36N2O3. The van der Waals surface area contributed by atoms with Crippen LogP contribution in [0, 0.1) is 0 Å². The van der Waals surface area contributed by atoms with Crippen molar-refractivity contribution < 1.29 is 14.3 Å². The van der Waals surface area contributed by atoms with Gasteiger partial charge in [0, 0.05) is 13.1 Å². The number of carbonyl (C=O) groups excluding carboxylic acids is 1. The van der Waals surface area contributed by atoms with Crippen LogP contribution >= 0.6 is 0 Å². The number of hydrogen-bond donors (Lipinski definition) is 1. The van der Waals surface area contributed by atoms with Gasteiger partial charge in [0.1, 0.15) is 11.4 Å². The molecule has 1 aromatic rings. The van der Waals surface area contributed by atoms with Gasteiger partial charge in [-0.05, 0) is 83.1 Å². The first-order valence-electron chi connectivity index (χ1n) is 10.2. The molecule has 1 fully saturated rings. The summed E-state index contributed by atoms with van der Waals surface area (Å²) in [4.78, 5) is 14.1. The van der Waals surface area contributed by atoms with Gasteiger partial charge >= 0.3 is 6.09 Å². The first-order chi connectivity index (χ1) is 12.6. The Labute approximate surface area is 164 Å². The van der Waals surface area contributed by atoms with Crippen LogP contribution in [0.1, 0.15) is 77.8 Å². The number of nitrogens with zero attached hydrogens (tertiary/aromatic N) is 1. The average Bonchev–Trinajstić information content (AvgIpc) is 2.56. The highest BCUT2D eigenvalue weighted by Gasteiger charge is 2.29. The summed E-state index contributed by atoms with van der Waals surface area (Å²) in [5.41, 5.74) is 9.11. The average molecular weight is 377 g/mol. The van der Waals surface area contributed by atoms with E-state index in [0.29, 0.717) is 11.6 Å². The largest absolute Gasteiger partial charge is 0.489 e. The van der Waals surface area contributed by atoms with Crippen LogP contribution in [0.5, 0.6) is 5.75 Å². The van der Waals surface area contributed by atoms with Crippen molar-refractivity contribution in [2.24, 2.45) is 0 Å². The Morgan fingerprint density at radius 1 is 1.26 bits per heavy atom. The lowest BCUT2D eigenvalue weighted by atomic mass is 9.85. The molecule has 0 bridgehead atoms. The molecule has 0 aliphatic carbocycles. The summed E-state index contributed by atoms with van der Waals surface area (Å²) < 4.78 is 11.4. The maximum absolute atomic E-state index is 12.3. The van der Waals surface area contributed by atoms with E-state index in [0.717, 1.165) is 44.5 Å². The highest BCUT2D eigenvalue weighted by atomic mass is 16.6. The minimum Gasteiger partial charge on any atom is -0.489 e. The number of likely N-dealkylation sites (tertiary alicyclic amines) is 1. The number of aryl methyl sites for hydroxylation is 1. The third kappa shape index (κ3) is 6.05. The number of hydrogen-bond acceptors (Lipinski definition) is 4. The first-order valence-corrected chi connectivity index (χ1v) is 10.2. The molecule has 2 N–H and O–H groups in total. The van der Waals surface area contributed by atoms with Crippen LogP contribution in [0.25, 0.3) is 0 Å². The lowest BCUT2D eigenvalue weighted by Crippen LogP contribution is -2.41. The second kappa shape index (κ2) is 8.85. The summed E-state index contributed by atoms with van der Waals surface area (Å²) in [6, 6.07) is 4.21. The lowest BCUT2D eigenvalue weighted by molar-refractivity contribution is 0.0204. The molecule has 0 saturated carbocycles. The van der Waals surface area contributed by atoms with E-state index in [4.69, 9.17) is 15.2 Å². The van der Waals surface area contributed by atoms with Gasteiger partial charge in [0.05, 0.1) is 11.8 Å². The standard InChI is InChI=1S/C22H36N2O3/c1-7-8-17-13-19(23)20(26-15(2)3)14-18(17)16-9-11-24(12-10-16)21(25)27-22(4,5)6/h13-16H,7-12,23H2,1-6H3. The molecule has 2 rings (SSSR count). The Balaban J connectivity index is 2.14. The highest BCUT2D eigenvalue weighted by molar-refractivity contribution is 5.68. The van der Waals surface area contributed by atoms with Crippen molar-refractivity contribution in [3.63, 3.8) is 0 Å². The lowest BCUT2D eigenvalue weighted by Gasteiger charge is -2.34. The maximum Gasteiger partial charge on any atom is 0.410 e. The van der Waals surface area contributed by atoms with Gasteiger partial charge in [0.25, 0.3) is 0 Å². The van der Waals surface area contributed by atoms with E-state index >= 15 is 0 Å². The number of piperidine rings is 1. The number of ether oxygens (including phenoxy) is 2. The summed E-state index contributed by atoms with van der Waals surface area (Å²) in [6.07, 6.45) is 3.82. The van der Waals surface area contributed by atoms with Crippen molar-refractivity contribution in [1.29, 1.82) is 0 Å². The van der Waals surface area contributed by atoms with Gasteiger partial charge in [-0.15, -0.1) is 0 Å². The molecular weight excluding hydrogens is 340 g/mol. The number of benzene rings is 1. The molecule has 0 aromatic heterocycles. The van der Waals surface area contributed by atoms with Crippen molar-refractivity contribution in [1.82, 2.24) is 4.90 Å². The third-order valence-corrected chi connectivity index (χ3v) is 4.74. The van der Waals surface area contributed by atoms with Crippen LogP contribution < -0.4 is 10.5 Å². The van der Waals surface area contributed by atoms with Gasteiger partial charge in [0.15, 0.2) is 0 Å². The predicted molar refractivity (Wildman–Crippen MR) is 110 cm³/mol. The molecule has 152 valence electrons.